The molecule has 1 atom stereocenters. The van der Waals surface area contributed by atoms with E-state index in [9.17, 15) is 8.78 Å². The Morgan fingerprint density at radius 1 is 1.05 bits per heavy atom. The van der Waals surface area contributed by atoms with E-state index in [1.54, 1.807) is 0 Å². The SMILES string of the molecule is CC1CCC(CCc2cc3c(c(F)c2F)OC(C)CC3)CC1. The lowest BCUT2D eigenvalue weighted by Gasteiger charge is -2.27. The van der Waals surface area contributed by atoms with Gasteiger partial charge in [0.05, 0.1) is 6.10 Å². The average molecular weight is 308 g/mol. The number of hydrogen-bond donors (Lipinski definition) is 0. The van der Waals surface area contributed by atoms with Crippen LogP contribution in [0, 0.1) is 23.5 Å². The topological polar surface area (TPSA) is 9.23 Å². The standard InChI is InChI=1S/C19H26F2O/c1-12-3-6-14(7-4-12)8-10-15-11-16-9-5-13(2)22-19(16)18(21)17(15)20/h11-14H,3-10H2,1-2H3. The largest absolute Gasteiger partial charge is 0.487 e. The maximum Gasteiger partial charge on any atom is 0.201 e. The van der Waals surface area contributed by atoms with Gasteiger partial charge in [-0.15, -0.1) is 0 Å². The van der Waals surface area contributed by atoms with E-state index < -0.39 is 11.6 Å². The first-order valence-electron chi connectivity index (χ1n) is 8.71. The molecule has 2 aliphatic rings. The van der Waals surface area contributed by atoms with E-state index in [1.807, 2.05) is 13.0 Å². The van der Waals surface area contributed by atoms with E-state index in [0.29, 0.717) is 17.9 Å². The number of fused-ring (bicyclic) bond motifs is 1. The fourth-order valence-electron chi connectivity index (χ4n) is 3.81. The molecule has 1 saturated carbocycles. The summed E-state index contributed by atoms with van der Waals surface area (Å²) in [5, 5.41) is 0. The third kappa shape index (κ3) is 3.28. The third-order valence-corrected chi connectivity index (χ3v) is 5.41. The van der Waals surface area contributed by atoms with Gasteiger partial charge in [-0.1, -0.05) is 32.6 Å². The molecule has 0 radical (unpaired) electrons. The smallest absolute Gasteiger partial charge is 0.201 e. The number of hydrogen-bond acceptors (Lipinski definition) is 1. The summed E-state index contributed by atoms with van der Waals surface area (Å²) in [6.07, 6.45) is 8.25. The molecule has 0 bridgehead atoms. The van der Waals surface area contributed by atoms with Gasteiger partial charge in [-0.3, -0.25) is 0 Å². The number of aryl methyl sites for hydroxylation is 2. The van der Waals surface area contributed by atoms with Crippen LogP contribution in [0.25, 0.3) is 0 Å². The molecule has 1 aliphatic heterocycles. The first-order chi connectivity index (χ1) is 10.5. The lowest BCUT2D eigenvalue weighted by molar-refractivity contribution is 0.180. The lowest BCUT2D eigenvalue weighted by Crippen LogP contribution is -2.21. The fourth-order valence-corrected chi connectivity index (χ4v) is 3.81. The first-order valence-corrected chi connectivity index (χ1v) is 8.71. The van der Waals surface area contributed by atoms with E-state index >= 15 is 0 Å². The van der Waals surface area contributed by atoms with Crippen molar-refractivity contribution in [1.29, 1.82) is 0 Å². The maximum atomic E-state index is 14.3. The predicted molar refractivity (Wildman–Crippen MR) is 84.2 cm³/mol. The number of benzene rings is 1. The summed E-state index contributed by atoms with van der Waals surface area (Å²) >= 11 is 0. The molecule has 0 spiro atoms. The number of rotatable bonds is 3. The van der Waals surface area contributed by atoms with Gasteiger partial charge in [0.25, 0.3) is 0 Å². The summed E-state index contributed by atoms with van der Waals surface area (Å²) in [6, 6.07) is 1.84. The maximum absolute atomic E-state index is 14.3. The zero-order chi connectivity index (χ0) is 15.7. The molecule has 1 nitrogen and oxygen atoms in total. The van der Waals surface area contributed by atoms with Crippen molar-refractivity contribution in [1.82, 2.24) is 0 Å². The van der Waals surface area contributed by atoms with E-state index in [2.05, 4.69) is 6.92 Å². The second kappa shape index (κ2) is 6.55. The number of halogens is 2. The fraction of sp³-hybridized carbons (Fsp3) is 0.684. The highest BCUT2D eigenvalue weighted by Gasteiger charge is 2.25. The zero-order valence-corrected chi connectivity index (χ0v) is 13.6. The predicted octanol–water partition coefficient (Wildman–Crippen LogP) is 5.44. The van der Waals surface area contributed by atoms with Crippen LogP contribution in [0.15, 0.2) is 6.07 Å². The summed E-state index contributed by atoms with van der Waals surface area (Å²) in [5.41, 5.74) is 1.37. The Morgan fingerprint density at radius 2 is 1.77 bits per heavy atom. The van der Waals surface area contributed by atoms with Gasteiger partial charge in [-0.2, -0.15) is 4.39 Å². The van der Waals surface area contributed by atoms with Crippen LogP contribution < -0.4 is 4.74 Å². The highest BCUT2D eigenvalue weighted by atomic mass is 19.2. The molecule has 22 heavy (non-hydrogen) atoms. The molecule has 0 aromatic heterocycles. The molecular formula is C19H26F2O. The molecule has 3 rings (SSSR count). The Bertz CT molecular complexity index is 533. The van der Waals surface area contributed by atoms with Crippen LogP contribution in [-0.4, -0.2) is 6.10 Å². The van der Waals surface area contributed by atoms with Crippen LogP contribution in [0.4, 0.5) is 8.78 Å². The minimum absolute atomic E-state index is 0.0310. The Balaban J connectivity index is 1.70. The van der Waals surface area contributed by atoms with Gasteiger partial charge >= 0.3 is 0 Å². The van der Waals surface area contributed by atoms with Crippen LogP contribution in [0.5, 0.6) is 5.75 Å². The van der Waals surface area contributed by atoms with Crippen molar-refractivity contribution in [3.8, 4) is 5.75 Å². The Kier molecular flexibility index (Phi) is 4.70. The summed E-state index contributed by atoms with van der Waals surface area (Å²) in [6.45, 7) is 4.20. The molecule has 122 valence electrons. The van der Waals surface area contributed by atoms with Crippen LogP contribution in [0.1, 0.15) is 63.5 Å². The van der Waals surface area contributed by atoms with Gasteiger partial charge < -0.3 is 4.74 Å². The quantitative estimate of drug-likeness (QED) is 0.722. The van der Waals surface area contributed by atoms with Crippen molar-refractivity contribution in [2.24, 2.45) is 11.8 Å². The lowest BCUT2D eigenvalue weighted by atomic mass is 9.80. The molecule has 3 heteroatoms. The number of ether oxygens (including phenoxy) is 1. The van der Waals surface area contributed by atoms with Gasteiger partial charge in [0.2, 0.25) is 5.82 Å². The molecule has 1 aliphatic carbocycles. The van der Waals surface area contributed by atoms with E-state index in [4.69, 9.17) is 4.74 Å². The van der Waals surface area contributed by atoms with Gasteiger partial charge in [-0.25, -0.2) is 4.39 Å². The van der Waals surface area contributed by atoms with Crippen LogP contribution in [-0.2, 0) is 12.8 Å². The Labute approximate surface area is 132 Å². The van der Waals surface area contributed by atoms with Gasteiger partial charge in [0.15, 0.2) is 11.6 Å². The summed E-state index contributed by atoms with van der Waals surface area (Å²) in [7, 11) is 0. The van der Waals surface area contributed by atoms with E-state index in [-0.39, 0.29) is 11.9 Å². The first kappa shape index (κ1) is 15.8. The molecule has 0 saturated heterocycles. The normalized spacial score (nSPS) is 28.1. The van der Waals surface area contributed by atoms with Crippen molar-refractivity contribution in [2.45, 2.75) is 71.3 Å². The van der Waals surface area contributed by atoms with Crippen molar-refractivity contribution >= 4 is 0 Å². The minimum Gasteiger partial charge on any atom is -0.487 e. The summed E-state index contributed by atoms with van der Waals surface area (Å²) < 4.78 is 34.0. The minimum atomic E-state index is -0.781. The molecule has 1 unspecified atom stereocenters. The van der Waals surface area contributed by atoms with Crippen molar-refractivity contribution in [2.75, 3.05) is 0 Å². The summed E-state index contributed by atoms with van der Waals surface area (Å²) in [5.74, 6) is 0.166. The highest BCUT2D eigenvalue weighted by molar-refractivity contribution is 5.41. The second-order valence-corrected chi connectivity index (χ2v) is 7.28. The van der Waals surface area contributed by atoms with Gasteiger partial charge in [0.1, 0.15) is 0 Å². The molecule has 1 aromatic rings. The van der Waals surface area contributed by atoms with Crippen molar-refractivity contribution < 1.29 is 13.5 Å². The molecular weight excluding hydrogens is 282 g/mol. The highest BCUT2D eigenvalue weighted by Crippen LogP contribution is 2.36. The van der Waals surface area contributed by atoms with Crippen LogP contribution in [0.2, 0.25) is 0 Å². The van der Waals surface area contributed by atoms with Crippen molar-refractivity contribution in [3.63, 3.8) is 0 Å². The van der Waals surface area contributed by atoms with Gasteiger partial charge in [-0.05, 0) is 61.6 Å². The molecule has 1 heterocycles. The zero-order valence-electron chi connectivity index (χ0n) is 13.6. The molecule has 1 aromatic carbocycles. The van der Waals surface area contributed by atoms with E-state index in [1.165, 1.54) is 25.7 Å². The van der Waals surface area contributed by atoms with Crippen molar-refractivity contribution in [3.05, 3.63) is 28.8 Å². The van der Waals surface area contributed by atoms with Gasteiger partial charge in [0, 0.05) is 0 Å². The van der Waals surface area contributed by atoms with Crippen LogP contribution >= 0.6 is 0 Å². The molecule has 1 fully saturated rings. The third-order valence-electron chi connectivity index (χ3n) is 5.41. The monoisotopic (exact) mass is 308 g/mol. The molecule has 0 N–H and O–H groups in total. The second-order valence-electron chi connectivity index (χ2n) is 7.28. The molecule has 0 amide bonds. The van der Waals surface area contributed by atoms with Crippen LogP contribution in [0.3, 0.4) is 0 Å². The summed E-state index contributed by atoms with van der Waals surface area (Å²) in [4.78, 5) is 0. The average Bonchev–Trinajstić information content (AvgIpc) is 2.52. The Morgan fingerprint density at radius 3 is 2.50 bits per heavy atom. The van der Waals surface area contributed by atoms with E-state index in [0.717, 1.165) is 30.7 Å². The Hall–Kier alpha value is -1.12.